The molecule has 6 heteroatoms. The number of likely N-dealkylation sites (tertiary alicyclic amines) is 1. The second-order valence-corrected chi connectivity index (χ2v) is 9.35. The number of fused-ring (bicyclic) bond motifs is 1. The van der Waals surface area contributed by atoms with Crippen LogP contribution in [0.4, 0.5) is 0 Å². The second-order valence-electron chi connectivity index (χ2n) is 9.35. The van der Waals surface area contributed by atoms with E-state index in [0.29, 0.717) is 30.9 Å². The number of carbonyl (C=O) groups excluding carboxylic acids is 2. The molecule has 6 nitrogen and oxygen atoms in total. The molecule has 2 atom stereocenters. The molecule has 1 fully saturated rings. The van der Waals surface area contributed by atoms with E-state index in [2.05, 4.69) is 6.58 Å². The molecule has 0 aromatic heterocycles. The first-order valence-corrected chi connectivity index (χ1v) is 12.4. The van der Waals surface area contributed by atoms with Gasteiger partial charge in [0.1, 0.15) is 30.0 Å². The van der Waals surface area contributed by atoms with Crippen molar-refractivity contribution in [3.63, 3.8) is 0 Å². The lowest BCUT2D eigenvalue weighted by Gasteiger charge is -2.25. The number of carbonyl (C=O) groups is 2. The number of amides is 1. The third-order valence-electron chi connectivity index (χ3n) is 6.76. The molecule has 3 aromatic carbocycles. The topological polar surface area (TPSA) is 76.1 Å². The third-order valence-corrected chi connectivity index (χ3v) is 6.76. The number of Topliss-reactive ketones (excluding diaryl/α,β-unsaturated/α-hetero) is 1. The normalized spacial score (nSPS) is 20.0. The van der Waals surface area contributed by atoms with E-state index in [0.717, 1.165) is 28.9 Å². The molecule has 1 amide bonds. The number of ether oxygens (including phenoxy) is 2. The van der Waals surface area contributed by atoms with Gasteiger partial charge in [0.2, 0.25) is 0 Å². The Morgan fingerprint density at radius 2 is 1.86 bits per heavy atom. The van der Waals surface area contributed by atoms with Crippen LogP contribution in [-0.2, 0) is 22.4 Å². The van der Waals surface area contributed by atoms with E-state index in [1.165, 1.54) is 0 Å². The number of nitrogens with zero attached hydrogens (tertiary/aromatic N) is 1. The van der Waals surface area contributed by atoms with Gasteiger partial charge in [0, 0.05) is 18.5 Å². The van der Waals surface area contributed by atoms with Crippen LogP contribution in [0.15, 0.2) is 91.0 Å². The van der Waals surface area contributed by atoms with Gasteiger partial charge in [-0.1, -0.05) is 55.1 Å². The average molecular weight is 496 g/mol. The smallest absolute Gasteiger partial charge is 0.295 e. The number of aliphatic hydroxyl groups is 1. The van der Waals surface area contributed by atoms with Crippen molar-refractivity contribution < 1.29 is 24.2 Å². The minimum Gasteiger partial charge on any atom is -0.507 e. The number of hydrogen-bond donors (Lipinski definition) is 1. The van der Waals surface area contributed by atoms with Gasteiger partial charge in [0.15, 0.2) is 0 Å². The molecule has 2 heterocycles. The Labute approximate surface area is 216 Å². The van der Waals surface area contributed by atoms with Gasteiger partial charge in [-0.25, -0.2) is 0 Å². The van der Waals surface area contributed by atoms with Gasteiger partial charge in [-0.15, -0.1) is 0 Å². The molecular formula is C31H29NO5. The Bertz CT molecular complexity index is 1360. The molecule has 1 N–H and O–H groups in total. The summed E-state index contributed by atoms with van der Waals surface area (Å²) in [5.74, 6) is -0.0585. The maximum atomic E-state index is 13.4. The zero-order valence-corrected chi connectivity index (χ0v) is 20.7. The zero-order chi connectivity index (χ0) is 25.9. The van der Waals surface area contributed by atoms with Crippen LogP contribution < -0.4 is 9.47 Å². The molecule has 2 aliphatic rings. The fraction of sp³-hybridized carbons (Fsp3) is 0.226. The van der Waals surface area contributed by atoms with Crippen molar-refractivity contribution >= 4 is 17.4 Å². The van der Waals surface area contributed by atoms with Crippen molar-refractivity contribution in [2.24, 2.45) is 0 Å². The standard InChI is InChI=1S/C31H29NO5/c1-3-17-36-25-12-9-22(10-13-25)28-27(29(33)23-11-14-26-24(19-23)18-20(2)37-26)30(34)31(35)32(28)16-15-21-7-5-4-6-8-21/h3-14,19-20,28,33H,1,15-18H2,2H3. The summed E-state index contributed by atoms with van der Waals surface area (Å²) in [6.07, 6.45) is 3.02. The number of rotatable bonds is 8. The Hall–Kier alpha value is -4.32. The van der Waals surface area contributed by atoms with Crippen molar-refractivity contribution in [3.8, 4) is 11.5 Å². The minimum atomic E-state index is -0.722. The van der Waals surface area contributed by atoms with Crippen molar-refractivity contribution in [3.05, 3.63) is 113 Å². The van der Waals surface area contributed by atoms with Crippen molar-refractivity contribution in [2.45, 2.75) is 31.9 Å². The summed E-state index contributed by atoms with van der Waals surface area (Å²) in [4.78, 5) is 28.2. The molecule has 37 heavy (non-hydrogen) atoms. The number of aliphatic hydroxyl groups excluding tert-OH is 1. The van der Waals surface area contributed by atoms with Crippen molar-refractivity contribution in [1.29, 1.82) is 0 Å². The van der Waals surface area contributed by atoms with Crippen molar-refractivity contribution in [1.82, 2.24) is 4.90 Å². The third kappa shape index (κ3) is 4.87. The number of benzene rings is 3. The highest BCUT2D eigenvalue weighted by Gasteiger charge is 2.46. The molecule has 2 aliphatic heterocycles. The fourth-order valence-electron chi connectivity index (χ4n) is 4.98. The first-order valence-electron chi connectivity index (χ1n) is 12.4. The molecule has 0 radical (unpaired) electrons. The highest BCUT2D eigenvalue weighted by molar-refractivity contribution is 6.46. The molecule has 5 rings (SSSR count). The van der Waals surface area contributed by atoms with Gasteiger partial charge >= 0.3 is 0 Å². The van der Waals surface area contributed by atoms with Crippen LogP contribution in [0.5, 0.6) is 11.5 Å². The Kier molecular flexibility index (Phi) is 6.82. The van der Waals surface area contributed by atoms with E-state index >= 15 is 0 Å². The summed E-state index contributed by atoms with van der Waals surface area (Å²) in [7, 11) is 0. The van der Waals surface area contributed by atoms with E-state index < -0.39 is 17.7 Å². The molecule has 0 spiro atoms. The monoisotopic (exact) mass is 495 g/mol. The highest BCUT2D eigenvalue weighted by atomic mass is 16.5. The van der Waals surface area contributed by atoms with Crippen LogP contribution >= 0.6 is 0 Å². The predicted molar refractivity (Wildman–Crippen MR) is 142 cm³/mol. The maximum Gasteiger partial charge on any atom is 0.295 e. The van der Waals surface area contributed by atoms with Crippen LogP contribution in [0.25, 0.3) is 5.76 Å². The molecule has 0 bridgehead atoms. The van der Waals surface area contributed by atoms with E-state index in [1.54, 1.807) is 35.2 Å². The summed E-state index contributed by atoms with van der Waals surface area (Å²) in [6.45, 7) is 6.35. The molecule has 0 aliphatic carbocycles. The van der Waals surface area contributed by atoms with E-state index in [4.69, 9.17) is 9.47 Å². The van der Waals surface area contributed by atoms with Crippen molar-refractivity contribution in [2.75, 3.05) is 13.2 Å². The van der Waals surface area contributed by atoms with Gasteiger partial charge in [0.25, 0.3) is 11.7 Å². The van der Waals surface area contributed by atoms with Crippen LogP contribution in [0, 0.1) is 0 Å². The average Bonchev–Trinajstić information content (AvgIpc) is 3.42. The molecule has 3 aromatic rings. The molecular weight excluding hydrogens is 466 g/mol. The van der Waals surface area contributed by atoms with Crippen LogP contribution in [0.3, 0.4) is 0 Å². The van der Waals surface area contributed by atoms with Gasteiger partial charge in [0.05, 0.1) is 11.6 Å². The highest BCUT2D eigenvalue weighted by Crippen LogP contribution is 2.41. The van der Waals surface area contributed by atoms with Gasteiger partial charge < -0.3 is 19.5 Å². The zero-order valence-electron chi connectivity index (χ0n) is 20.7. The number of hydrogen-bond acceptors (Lipinski definition) is 5. The lowest BCUT2D eigenvalue weighted by Crippen LogP contribution is -2.31. The quantitative estimate of drug-likeness (QED) is 0.200. The first-order chi connectivity index (χ1) is 18.0. The van der Waals surface area contributed by atoms with Crippen LogP contribution in [0.1, 0.15) is 35.2 Å². The summed E-state index contributed by atoms with van der Waals surface area (Å²) < 4.78 is 11.4. The van der Waals surface area contributed by atoms with E-state index in [-0.39, 0.29) is 17.4 Å². The molecule has 1 saturated heterocycles. The lowest BCUT2D eigenvalue weighted by molar-refractivity contribution is -0.139. The lowest BCUT2D eigenvalue weighted by atomic mass is 9.94. The Morgan fingerprint density at radius 1 is 1.11 bits per heavy atom. The largest absolute Gasteiger partial charge is 0.507 e. The fourth-order valence-corrected chi connectivity index (χ4v) is 4.98. The van der Waals surface area contributed by atoms with Crippen LogP contribution in [0.2, 0.25) is 0 Å². The summed E-state index contributed by atoms with van der Waals surface area (Å²) in [5.41, 5.74) is 3.33. The molecule has 188 valence electrons. The number of ketones is 1. The van der Waals surface area contributed by atoms with Gasteiger partial charge in [-0.3, -0.25) is 9.59 Å². The molecule has 0 saturated carbocycles. The summed E-state index contributed by atoms with van der Waals surface area (Å²) in [5, 5.41) is 11.4. The SMILES string of the molecule is C=CCOc1ccc(C2C(=C(O)c3ccc4c(c3)CC(C)O4)C(=O)C(=O)N2CCc2ccccc2)cc1. The second kappa shape index (κ2) is 10.3. The predicted octanol–water partition coefficient (Wildman–Crippen LogP) is 5.24. The van der Waals surface area contributed by atoms with E-state index in [9.17, 15) is 14.7 Å². The van der Waals surface area contributed by atoms with Gasteiger partial charge in [-0.2, -0.15) is 0 Å². The van der Waals surface area contributed by atoms with Gasteiger partial charge in [-0.05, 0) is 60.4 Å². The first kappa shape index (κ1) is 24.4. The maximum absolute atomic E-state index is 13.4. The molecule has 2 unspecified atom stereocenters. The minimum absolute atomic E-state index is 0.0535. The summed E-state index contributed by atoms with van der Waals surface area (Å²) >= 11 is 0. The summed E-state index contributed by atoms with van der Waals surface area (Å²) in [6, 6.07) is 21.7. The van der Waals surface area contributed by atoms with Crippen LogP contribution in [-0.4, -0.2) is 41.0 Å². The van der Waals surface area contributed by atoms with E-state index in [1.807, 2.05) is 55.5 Å². The Morgan fingerprint density at radius 3 is 2.59 bits per heavy atom. The Balaban J connectivity index is 1.54.